The number of anilines is 1. The van der Waals surface area contributed by atoms with E-state index in [1.54, 1.807) is 12.1 Å². The van der Waals surface area contributed by atoms with E-state index in [9.17, 15) is 14.9 Å². The van der Waals surface area contributed by atoms with Gasteiger partial charge in [0.05, 0.1) is 41.3 Å². The number of hydrogen-bond acceptors (Lipinski definition) is 6. The third kappa shape index (κ3) is 3.80. The quantitative estimate of drug-likeness (QED) is 0.459. The van der Waals surface area contributed by atoms with Gasteiger partial charge in [0, 0.05) is 23.5 Å². The number of hydrogen-bond donors (Lipinski definition) is 1. The molecule has 9 heteroatoms. The molecule has 1 aliphatic heterocycles. The van der Waals surface area contributed by atoms with Gasteiger partial charge in [0.1, 0.15) is 0 Å². The van der Waals surface area contributed by atoms with Crippen molar-refractivity contribution in [3.05, 3.63) is 50.8 Å². The molecule has 1 aromatic carbocycles. The van der Waals surface area contributed by atoms with Crippen LogP contribution in [0.5, 0.6) is 0 Å². The number of quaternary nitrogens is 1. The molecule has 0 unspecified atom stereocenters. The zero-order valence-corrected chi connectivity index (χ0v) is 20.2. The highest BCUT2D eigenvalue weighted by Crippen LogP contribution is 2.35. The van der Waals surface area contributed by atoms with Gasteiger partial charge in [-0.15, -0.1) is 0 Å². The van der Waals surface area contributed by atoms with Crippen molar-refractivity contribution in [2.75, 3.05) is 37.6 Å². The fraction of sp³-hybridized carbons (Fsp3) is 0.520. The number of carbonyl (C=O) groups excluding carboxylic acids is 1. The molecule has 2 aromatic heterocycles. The summed E-state index contributed by atoms with van der Waals surface area (Å²) in [4.78, 5) is 32.5. The van der Waals surface area contributed by atoms with Gasteiger partial charge in [0.25, 0.3) is 11.6 Å². The van der Waals surface area contributed by atoms with Crippen molar-refractivity contribution >= 4 is 38.3 Å². The van der Waals surface area contributed by atoms with Crippen LogP contribution in [-0.2, 0) is 25.7 Å². The van der Waals surface area contributed by atoms with Gasteiger partial charge in [0.15, 0.2) is 11.7 Å². The van der Waals surface area contributed by atoms with Gasteiger partial charge in [0.2, 0.25) is 0 Å². The Bertz CT molecular complexity index is 1240. The minimum atomic E-state index is -0.364. The van der Waals surface area contributed by atoms with Crippen molar-refractivity contribution in [3.8, 4) is 0 Å². The van der Waals surface area contributed by atoms with E-state index in [4.69, 9.17) is 4.98 Å². The van der Waals surface area contributed by atoms with Crippen LogP contribution >= 0.6 is 11.3 Å². The molecule has 178 valence electrons. The number of benzene rings is 1. The third-order valence-electron chi connectivity index (χ3n) is 7.74. The number of nitrogens with zero attached hydrogens (tertiary/aromatic N) is 4. The molecular weight excluding hydrogens is 450 g/mol. The number of non-ortho nitro benzene ring substituents is 1. The lowest BCUT2D eigenvalue weighted by molar-refractivity contribution is -0.892. The number of nitro groups is 1. The molecule has 0 atom stereocenters. The Morgan fingerprint density at radius 1 is 1.03 bits per heavy atom. The smallest absolute Gasteiger partial charge is 0.286 e. The number of nitro benzene ring substituents is 1. The Labute approximate surface area is 202 Å². The zero-order valence-electron chi connectivity index (χ0n) is 19.3. The van der Waals surface area contributed by atoms with E-state index < -0.39 is 0 Å². The molecule has 34 heavy (non-hydrogen) atoms. The lowest BCUT2D eigenvalue weighted by atomic mass is 9.89. The highest BCUT2D eigenvalue weighted by atomic mass is 32.1. The standard InChI is InChI=1S/C25H29N5O3S/c31-24(29-21-7-3-1-5-18(21)19-6-2-4-8-22(19)29)16-27-11-13-28(14-12-27)25-26-20-10-9-17(30(32)33)15-23(20)34-25/h9-10,15H,1-8,11-14,16H2/p+1. The maximum Gasteiger partial charge on any atom is 0.286 e. The summed E-state index contributed by atoms with van der Waals surface area (Å²) < 4.78 is 2.99. The second-order valence-electron chi connectivity index (χ2n) is 9.81. The summed E-state index contributed by atoms with van der Waals surface area (Å²) in [5.41, 5.74) is 6.56. The van der Waals surface area contributed by atoms with Crippen LogP contribution < -0.4 is 9.80 Å². The summed E-state index contributed by atoms with van der Waals surface area (Å²) in [5.74, 6) is 0.275. The van der Waals surface area contributed by atoms with Gasteiger partial charge in [-0.05, 0) is 68.6 Å². The van der Waals surface area contributed by atoms with E-state index in [2.05, 4.69) is 9.47 Å². The summed E-state index contributed by atoms with van der Waals surface area (Å²) in [6.45, 7) is 4.02. The molecule has 0 radical (unpaired) electrons. The Morgan fingerprint density at radius 2 is 1.68 bits per heavy atom. The van der Waals surface area contributed by atoms with Gasteiger partial charge < -0.3 is 9.80 Å². The Morgan fingerprint density at radius 3 is 2.32 bits per heavy atom. The molecule has 0 saturated carbocycles. The van der Waals surface area contributed by atoms with Gasteiger partial charge in [-0.1, -0.05) is 11.3 Å². The Hall–Kier alpha value is -2.78. The fourth-order valence-electron chi connectivity index (χ4n) is 6.02. The molecule has 8 nitrogen and oxygen atoms in total. The Balaban J connectivity index is 1.14. The highest BCUT2D eigenvalue weighted by molar-refractivity contribution is 7.22. The van der Waals surface area contributed by atoms with Crippen LogP contribution in [0.2, 0.25) is 0 Å². The molecular formula is C25H30N5O3S+. The average molecular weight is 481 g/mol. The number of fused-ring (bicyclic) bond motifs is 4. The van der Waals surface area contributed by atoms with Crippen molar-refractivity contribution in [1.29, 1.82) is 0 Å². The number of rotatable bonds is 4. The first-order chi connectivity index (χ1) is 16.6. The normalized spacial score (nSPS) is 18.6. The lowest BCUT2D eigenvalue weighted by Gasteiger charge is -2.32. The molecule has 3 heterocycles. The van der Waals surface area contributed by atoms with Gasteiger partial charge in [-0.3, -0.25) is 19.5 Å². The van der Waals surface area contributed by atoms with Gasteiger partial charge >= 0.3 is 0 Å². The Kier molecular flexibility index (Phi) is 5.61. The third-order valence-corrected chi connectivity index (χ3v) is 8.82. The van der Waals surface area contributed by atoms with E-state index in [1.807, 2.05) is 0 Å². The van der Waals surface area contributed by atoms with E-state index in [0.717, 1.165) is 67.2 Å². The summed E-state index contributed by atoms with van der Waals surface area (Å²) >= 11 is 1.51. The van der Waals surface area contributed by atoms with Crippen LogP contribution in [0.4, 0.5) is 10.8 Å². The van der Waals surface area contributed by atoms with Crippen molar-refractivity contribution in [1.82, 2.24) is 9.55 Å². The predicted octanol–water partition coefficient (Wildman–Crippen LogP) is 2.81. The zero-order chi connectivity index (χ0) is 23.2. The monoisotopic (exact) mass is 480 g/mol. The van der Waals surface area contributed by atoms with Crippen LogP contribution in [0, 0.1) is 10.1 Å². The molecule has 3 aromatic rings. The molecule has 0 bridgehead atoms. The van der Waals surface area contributed by atoms with Crippen molar-refractivity contribution < 1.29 is 14.6 Å². The molecule has 0 spiro atoms. The van der Waals surface area contributed by atoms with Crippen molar-refractivity contribution in [2.24, 2.45) is 0 Å². The number of nitrogens with one attached hydrogen (secondary N) is 1. The number of aromatic nitrogens is 2. The van der Waals surface area contributed by atoms with Crippen LogP contribution in [0.1, 0.15) is 53.0 Å². The minimum absolute atomic E-state index is 0.102. The first-order valence-electron chi connectivity index (χ1n) is 12.5. The molecule has 2 aliphatic carbocycles. The van der Waals surface area contributed by atoms with Crippen molar-refractivity contribution in [2.45, 2.75) is 51.4 Å². The number of piperazine rings is 1. The van der Waals surface area contributed by atoms with Crippen LogP contribution in [0.25, 0.3) is 10.2 Å². The second-order valence-corrected chi connectivity index (χ2v) is 10.8. The van der Waals surface area contributed by atoms with Gasteiger partial charge in [-0.2, -0.15) is 0 Å². The van der Waals surface area contributed by atoms with Gasteiger partial charge in [-0.25, -0.2) is 4.98 Å². The molecule has 3 aliphatic rings. The van der Waals surface area contributed by atoms with Crippen LogP contribution in [0.15, 0.2) is 18.2 Å². The second kappa shape index (κ2) is 8.78. The van der Waals surface area contributed by atoms with E-state index >= 15 is 0 Å². The maximum absolute atomic E-state index is 13.5. The highest BCUT2D eigenvalue weighted by Gasteiger charge is 2.31. The lowest BCUT2D eigenvalue weighted by Crippen LogP contribution is -3.15. The molecule has 1 N–H and O–H groups in total. The number of thiazole rings is 1. The van der Waals surface area contributed by atoms with Crippen LogP contribution in [-0.4, -0.2) is 53.1 Å². The van der Waals surface area contributed by atoms with Crippen molar-refractivity contribution in [3.63, 3.8) is 0 Å². The summed E-state index contributed by atoms with van der Waals surface area (Å²) in [7, 11) is 0. The number of carbonyl (C=O) groups is 1. The summed E-state index contributed by atoms with van der Waals surface area (Å²) in [5, 5.41) is 12.0. The van der Waals surface area contributed by atoms with E-state index in [-0.39, 0.29) is 16.5 Å². The first kappa shape index (κ1) is 21.7. The van der Waals surface area contributed by atoms with E-state index in [1.165, 1.54) is 70.5 Å². The summed E-state index contributed by atoms with van der Waals surface area (Å²) in [6.07, 6.45) is 9.29. The largest absolute Gasteiger partial charge is 0.337 e. The predicted molar refractivity (Wildman–Crippen MR) is 132 cm³/mol. The minimum Gasteiger partial charge on any atom is -0.337 e. The van der Waals surface area contributed by atoms with E-state index in [0.29, 0.717) is 6.54 Å². The van der Waals surface area contributed by atoms with Crippen LogP contribution in [0.3, 0.4) is 0 Å². The molecule has 1 saturated heterocycles. The average Bonchev–Trinajstić information content (AvgIpc) is 3.43. The maximum atomic E-state index is 13.5. The first-order valence-corrected chi connectivity index (χ1v) is 13.3. The fourth-order valence-corrected chi connectivity index (χ4v) is 7.07. The molecule has 0 amide bonds. The SMILES string of the molecule is O=C(C[NH+]1CCN(c2nc3ccc([N+](=O)[O-])cc3s2)CC1)n1c2c(c3c1CCCC3)CCCC2. The summed E-state index contributed by atoms with van der Waals surface area (Å²) in [6, 6.07) is 4.85. The topological polar surface area (TPSA) is 85.7 Å². The molecule has 6 rings (SSSR count). The molecule has 1 fully saturated rings.